The van der Waals surface area contributed by atoms with Crippen LogP contribution in [0.1, 0.15) is 21.5 Å². The van der Waals surface area contributed by atoms with Gasteiger partial charge in [0.25, 0.3) is 5.91 Å². The van der Waals surface area contributed by atoms with Crippen LogP contribution in [0.2, 0.25) is 0 Å². The van der Waals surface area contributed by atoms with Crippen LogP contribution >= 0.6 is 15.9 Å². The first kappa shape index (κ1) is 16.4. The van der Waals surface area contributed by atoms with Crippen molar-refractivity contribution >= 4 is 27.7 Å². The summed E-state index contributed by atoms with van der Waals surface area (Å²) >= 11 is 3.40. The minimum Gasteiger partial charge on any atom is -0.304 e. The van der Waals surface area contributed by atoms with Crippen molar-refractivity contribution in [3.8, 4) is 0 Å². The lowest BCUT2D eigenvalue weighted by Gasteiger charge is -2.04. The number of amides is 1. The molecule has 122 valence electrons. The van der Waals surface area contributed by atoms with Crippen LogP contribution in [-0.2, 0) is 6.54 Å². The molecule has 0 radical (unpaired) electrons. The van der Waals surface area contributed by atoms with E-state index < -0.39 is 0 Å². The fourth-order valence-electron chi connectivity index (χ4n) is 2.34. The molecule has 2 aromatic carbocycles. The third-order valence-corrected chi connectivity index (χ3v) is 4.06. The van der Waals surface area contributed by atoms with Crippen molar-refractivity contribution in [1.29, 1.82) is 0 Å². The van der Waals surface area contributed by atoms with E-state index >= 15 is 0 Å². The van der Waals surface area contributed by atoms with Gasteiger partial charge in [-0.1, -0.05) is 29.8 Å². The number of carbonyl (C=O) groups is 1. The minimum absolute atomic E-state index is 0.337. The molecule has 24 heavy (non-hydrogen) atoms. The Bertz CT molecular complexity index is 874. The molecule has 1 amide bonds. The molecule has 6 heteroatoms. The molecule has 1 heterocycles. The zero-order valence-corrected chi connectivity index (χ0v) is 14.5. The quantitative estimate of drug-likeness (QED) is 0.721. The largest absolute Gasteiger partial charge is 0.304 e. The van der Waals surface area contributed by atoms with Crippen LogP contribution in [0, 0.1) is 12.7 Å². The van der Waals surface area contributed by atoms with Crippen LogP contribution in [0.25, 0.3) is 0 Å². The summed E-state index contributed by atoms with van der Waals surface area (Å²) in [6, 6.07) is 13.5. The van der Waals surface area contributed by atoms with Gasteiger partial charge in [-0.3, -0.25) is 9.48 Å². The molecule has 0 fully saturated rings. The first-order chi connectivity index (χ1) is 11.5. The van der Waals surface area contributed by atoms with Crippen LogP contribution in [0.5, 0.6) is 0 Å². The lowest BCUT2D eigenvalue weighted by Crippen LogP contribution is -2.13. The van der Waals surface area contributed by atoms with E-state index in [1.165, 1.54) is 29.8 Å². The predicted molar refractivity (Wildman–Crippen MR) is 94.6 cm³/mol. The van der Waals surface area contributed by atoms with E-state index in [1.807, 2.05) is 31.3 Å². The van der Waals surface area contributed by atoms with Crippen LogP contribution in [0.3, 0.4) is 0 Å². The third kappa shape index (κ3) is 3.89. The predicted octanol–water partition coefficient (Wildman–Crippen LogP) is 4.39. The molecule has 3 rings (SSSR count). The molecule has 0 atom stereocenters. The second-order valence-electron chi connectivity index (χ2n) is 5.47. The molecule has 0 saturated carbocycles. The normalized spacial score (nSPS) is 10.6. The first-order valence-corrected chi connectivity index (χ1v) is 8.16. The highest BCUT2D eigenvalue weighted by Gasteiger charge is 2.12. The molecule has 0 spiro atoms. The maximum absolute atomic E-state index is 12.9. The number of nitrogens with zero attached hydrogens (tertiary/aromatic N) is 2. The monoisotopic (exact) mass is 387 g/mol. The average Bonchev–Trinajstić information content (AvgIpc) is 2.87. The molecular formula is C18H15BrFN3O. The molecular weight excluding hydrogens is 373 g/mol. The molecule has 1 N–H and O–H groups in total. The highest BCUT2D eigenvalue weighted by molar-refractivity contribution is 9.10. The van der Waals surface area contributed by atoms with Gasteiger partial charge in [0.05, 0.1) is 11.0 Å². The lowest BCUT2D eigenvalue weighted by molar-refractivity contribution is 0.102. The first-order valence-electron chi connectivity index (χ1n) is 7.37. The van der Waals surface area contributed by atoms with E-state index in [2.05, 4.69) is 32.4 Å². The summed E-state index contributed by atoms with van der Waals surface area (Å²) < 4.78 is 15.4. The van der Waals surface area contributed by atoms with Crippen LogP contribution in [0.4, 0.5) is 10.2 Å². The van der Waals surface area contributed by atoms with E-state index in [4.69, 9.17) is 0 Å². The molecule has 0 saturated heterocycles. The number of aromatic nitrogens is 2. The Morgan fingerprint density at radius 1 is 1.25 bits per heavy atom. The van der Waals surface area contributed by atoms with Gasteiger partial charge in [-0.05, 0) is 52.7 Å². The summed E-state index contributed by atoms with van der Waals surface area (Å²) in [5.41, 5.74) is 2.68. The number of benzene rings is 2. The number of rotatable bonds is 4. The van der Waals surface area contributed by atoms with E-state index in [-0.39, 0.29) is 11.7 Å². The van der Waals surface area contributed by atoms with Gasteiger partial charge in [0.2, 0.25) is 0 Å². The summed E-state index contributed by atoms with van der Waals surface area (Å²) in [6.07, 6.45) is 1.81. The van der Waals surface area contributed by atoms with E-state index in [0.717, 1.165) is 5.56 Å². The molecule has 3 aromatic rings. The molecule has 4 nitrogen and oxygen atoms in total. The van der Waals surface area contributed by atoms with E-state index in [1.54, 1.807) is 4.68 Å². The number of hydrogen-bond acceptors (Lipinski definition) is 2. The van der Waals surface area contributed by atoms with Crippen LogP contribution < -0.4 is 5.32 Å². The average molecular weight is 388 g/mol. The third-order valence-electron chi connectivity index (χ3n) is 3.48. The van der Waals surface area contributed by atoms with Gasteiger partial charge in [-0.25, -0.2) is 4.39 Å². The summed E-state index contributed by atoms with van der Waals surface area (Å²) in [5.74, 6) is -0.288. The van der Waals surface area contributed by atoms with Crippen molar-refractivity contribution in [2.24, 2.45) is 0 Å². The number of aryl methyl sites for hydroxylation is 1. The Labute approximate surface area is 147 Å². The molecule has 0 aliphatic rings. The minimum atomic E-state index is -0.379. The molecule has 0 aliphatic heterocycles. The second-order valence-corrected chi connectivity index (χ2v) is 6.33. The maximum Gasteiger partial charge on any atom is 0.256 e. The van der Waals surface area contributed by atoms with Crippen LogP contribution in [0.15, 0.2) is 59.2 Å². The molecule has 1 aromatic heterocycles. The Morgan fingerprint density at radius 3 is 2.71 bits per heavy atom. The Balaban J connectivity index is 1.74. The van der Waals surface area contributed by atoms with Crippen molar-refractivity contribution in [2.75, 3.05) is 5.32 Å². The standard InChI is InChI=1S/C18H15BrFN3O/c1-12-3-2-4-13(9-12)10-23-11-16(19)17(22-23)21-18(24)14-5-7-15(20)8-6-14/h2-9,11H,10H2,1H3,(H,21,22,24). The van der Waals surface area contributed by atoms with Crippen molar-refractivity contribution in [3.63, 3.8) is 0 Å². The Hall–Kier alpha value is -2.47. The fraction of sp³-hybridized carbons (Fsp3) is 0.111. The van der Waals surface area contributed by atoms with Gasteiger partial charge in [-0.2, -0.15) is 5.10 Å². The van der Waals surface area contributed by atoms with Crippen molar-refractivity contribution in [3.05, 3.63) is 81.7 Å². The number of halogens is 2. The highest BCUT2D eigenvalue weighted by atomic mass is 79.9. The summed E-state index contributed by atoms with van der Waals surface area (Å²) in [4.78, 5) is 12.2. The number of carbonyl (C=O) groups excluding carboxylic acids is 1. The fourth-order valence-corrected chi connectivity index (χ4v) is 2.76. The number of nitrogens with one attached hydrogen (secondary N) is 1. The summed E-state index contributed by atoms with van der Waals surface area (Å²) in [7, 11) is 0. The Morgan fingerprint density at radius 2 is 2.00 bits per heavy atom. The second kappa shape index (κ2) is 6.97. The van der Waals surface area contributed by atoms with Crippen molar-refractivity contribution in [1.82, 2.24) is 9.78 Å². The zero-order valence-electron chi connectivity index (χ0n) is 13.0. The maximum atomic E-state index is 12.9. The SMILES string of the molecule is Cc1cccc(Cn2cc(Br)c(NC(=O)c3ccc(F)cc3)n2)c1. The molecule has 0 bridgehead atoms. The summed E-state index contributed by atoms with van der Waals surface area (Å²) in [5, 5.41) is 7.10. The topological polar surface area (TPSA) is 46.9 Å². The lowest BCUT2D eigenvalue weighted by atomic mass is 10.1. The molecule has 0 aliphatic carbocycles. The number of hydrogen-bond donors (Lipinski definition) is 1. The van der Waals surface area contributed by atoms with E-state index in [0.29, 0.717) is 22.4 Å². The van der Waals surface area contributed by atoms with Gasteiger partial charge in [0.15, 0.2) is 5.82 Å². The van der Waals surface area contributed by atoms with Gasteiger partial charge in [0.1, 0.15) is 5.82 Å². The van der Waals surface area contributed by atoms with Gasteiger partial charge >= 0.3 is 0 Å². The van der Waals surface area contributed by atoms with Crippen molar-refractivity contribution < 1.29 is 9.18 Å². The number of anilines is 1. The van der Waals surface area contributed by atoms with E-state index in [9.17, 15) is 9.18 Å². The van der Waals surface area contributed by atoms with Gasteiger partial charge in [0, 0.05) is 11.8 Å². The summed E-state index contributed by atoms with van der Waals surface area (Å²) in [6.45, 7) is 2.64. The van der Waals surface area contributed by atoms with Crippen LogP contribution in [-0.4, -0.2) is 15.7 Å². The highest BCUT2D eigenvalue weighted by Crippen LogP contribution is 2.21. The molecule has 0 unspecified atom stereocenters. The zero-order chi connectivity index (χ0) is 17.1. The van der Waals surface area contributed by atoms with Crippen molar-refractivity contribution in [2.45, 2.75) is 13.5 Å². The Kier molecular flexibility index (Phi) is 4.76. The smallest absolute Gasteiger partial charge is 0.256 e. The van der Waals surface area contributed by atoms with Gasteiger partial charge < -0.3 is 5.32 Å². The van der Waals surface area contributed by atoms with Gasteiger partial charge in [-0.15, -0.1) is 0 Å².